The number of amides is 1. The first-order valence-corrected chi connectivity index (χ1v) is 8.90. The zero-order valence-corrected chi connectivity index (χ0v) is 15.3. The standard InChI is InChI=1S/C21H18N6O/c1-14-18(19-10-15(11-22)2-7-20(19)26-14)8-9-23-21(28)16-3-5-17(6-4-16)27-12-24-25-13-27/h2-7,10,12-13,26H,8-9H2,1H3,(H,23,28). The number of nitrogens with zero attached hydrogens (tertiary/aromatic N) is 4. The molecule has 0 aliphatic rings. The summed E-state index contributed by atoms with van der Waals surface area (Å²) in [5, 5.41) is 20.7. The second-order valence-electron chi connectivity index (χ2n) is 6.52. The number of aromatic amines is 1. The van der Waals surface area contributed by atoms with Crippen LogP contribution < -0.4 is 5.32 Å². The third-order valence-electron chi connectivity index (χ3n) is 4.76. The summed E-state index contributed by atoms with van der Waals surface area (Å²) in [5.74, 6) is -0.120. The summed E-state index contributed by atoms with van der Waals surface area (Å²) in [6.07, 6.45) is 3.90. The van der Waals surface area contributed by atoms with E-state index < -0.39 is 0 Å². The Morgan fingerprint density at radius 3 is 2.64 bits per heavy atom. The van der Waals surface area contributed by atoms with Crippen molar-refractivity contribution in [1.29, 1.82) is 5.26 Å². The number of hydrogen-bond acceptors (Lipinski definition) is 4. The monoisotopic (exact) mass is 370 g/mol. The van der Waals surface area contributed by atoms with Crippen LogP contribution in [0.2, 0.25) is 0 Å². The SMILES string of the molecule is Cc1[nH]c2ccc(C#N)cc2c1CCNC(=O)c1ccc(-n2cnnc2)cc1. The zero-order chi connectivity index (χ0) is 19.5. The van der Waals surface area contributed by atoms with Crippen LogP contribution in [0.15, 0.2) is 55.1 Å². The van der Waals surface area contributed by atoms with Crippen LogP contribution >= 0.6 is 0 Å². The highest BCUT2D eigenvalue weighted by molar-refractivity contribution is 5.94. The van der Waals surface area contributed by atoms with E-state index in [4.69, 9.17) is 5.26 Å². The molecule has 0 spiro atoms. The molecule has 7 heteroatoms. The van der Waals surface area contributed by atoms with Gasteiger partial charge in [0, 0.05) is 34.4 Å². The van der Waals surface area contributed by atoms with Crippen molar-refractivity contribution >= 4 is 16.8 Å². The molecule has 0 bridgehead atoms. The van der Waals surface area contributed by atoms with Crippen molar-refractivity contribution in [2.45, 2.75) is 13.3 Å². The highest BCUT2D eigenvalue weighted by atomic mass is 16.1. The van der Waals surface area contributed by atoms with Gasteiger partial charge in [0.25, 0.3) is 5.91 Å². The molecule has 4 rings (SSSR count). The van der Waals surface area contributed by atoms with E-state index in [1.807, 2.05) is 31.2 Å². The Balaban J connectivity index is 1.42. The largest absolute Gasteiger partial charge is 0.358 e. The maximum atomic E-state index is 12.4. The molecule has 0 aliphatic heterocycles. The van der Waals surface area contributed by atoms with Crippen LogP contribution in [0.4, 0.5) is 0 Å². The second-order valence-corrected chi connectivity index (χ2v) is 6.52. The van der Waals surface area contributed by atoms with Crippen molar-refractivity contribution < 1.29 is 4.79 Å². The molecular weight excluding hydrogens is 352 g/mol. The van der Waals surface area contributed by atoms with Crippen molar-refractivity contribution in [3.8, 4) is 11.8 Å². The first kappa shape index (κ1) is 17.5. The lowest BCUT2D eigenvalue weighted by Crippen LogP contribution is -2.25. The van der Waals surface area contributed by atoms with E-state index in [1.165, 1.54) is 0 Å². The normalized spacial score (nSPS) is 10.7. The van der Waals surface area contributed by atoms with E-state index in [0.717, 1.165) is 27.8 Å². The molecule has 0 fully saturated rings. The second kappa shape index (κ2) is 7.37. The molecular formula is C21H18N6O. The fraction of sp³-hybridized carbons (Fsp3) is 0.143. The summed E-state index contributed by atoms with van der Waals surface area (Å²) in [7, 11) is 0. The molecule has 0 aliphatic carbocycles. The third-order valence-corrected chi connectivity index (χ3v) is 4.76. The van der Waals surface area contributed by atoms with Crippen LogP contribution in [-0.2, 0) is 6.42 Å². The topological polar surface area (TPSA) is 99.4 Å². The van der Waals surface area contributed by atoms with E-state index in [0.29, 0.717) is 24.1 Å². The number of aryl methyl sites for hydroxylation is 1. The number of hydrogen-bond donors (Lipinski definition) is 2. The van der Waals surface area contributed by atoms with Gasteiger partial charge in [-0.25, -0.2) is 0 Å². The molecule has 0 radical (unpaired) electrons. The highest BCUT2D eigenvalue weighted by Crippen LogP contribution is 2.23. The number of carbonyl (C=O) groups excluding carboxylic acids is 1. The van der Waals surface area contributed by atoms with Gasteiger partial charge in [-0.05, 0) is 61.4 Å². The molecule has 0 saturated carbocycles. The number of aromatic nitrogens is 4. The van der Waals surface area contributed by atoms with Crippen LogP contribution in [0.3, 0.4) is 0 Å². The number of carbonyl (C=O) groups is 1. The van der Waals surface area contributed by atoms with E-state index in [2.05, 4.69) is 26.6 Å². The number of benzene rings is 2. The molecule has 7 nitrogen and oxygen atoms in total. The first-order chi connectivity index (χ1) is 13.7. The van der Waals surface area contributed by atoms with Crippen molar-refractivity contribution in [2.24, 2.45) is 0 Å². The van der Waals surface area contributed by atoms with Gasteiger partial charge in [-0.1, -0.05) is 0 Å². The van der Waals surface area contributed by atoms with Crippen molar-refractivity contribution in [3.05, 3.63) is 77.5 Å². The minimum absolute atomic E-state index is 0.120. The molecule has 4 aromatic rings. The molecule has 28 heavy (non-hydrogen) atoms. The van der Waals surface area contributed by atoms with Gasteiger partial charge in [0.2, 0.25) is 0 Å². The van der Waals surface area contributed by atoms with Gasteiger partial charge >= 0.3 is 0 Å². The van der Waals surface area contributed by atoms with E-state index >= 15 is 0 Å². The van der Waals surface area contributed by atoms with Crippen molar-refractivity contribution in [1.82, 2.24) is 25.1 Å². The number of nitriles is 1. The zero-order valence-electron chi connectivity index (χ0n) is 15.3. The molecule has 0 unspecified atom stereocenters. The minimum Gasteiger partial charge on any atom is -0.358 e. The van der Waals surface area contributed by atoms with Gasteiger partial charge in [0.05, 0.1) is 11.6 Å². The molecule has 2 aromatic carbocycles. The summed E-state index contributed by atoms with van der Waals surface area (Å²) in [5.41, 5.74) is 5.30. The predicted molar refractivity (Wildman–Crippen MR) is 105 cm³/mol. The van der Waals surface area contributed by atoms with Crippen molar-refractivity contribution in [2.75, 3.05) is 6.54 Å². The van der Waals surface area contributed by atoms with Crippen LogP contribution in [0.25, 0.3) is 16.6 Å². The van der Waals surface area contributed by atoms with Crippen LogP contribution in [0, 0.1) is 18.3 Å². The third kappa shape index (κ3) is 3.35. The maximum Gasteiger partial charge on any atom is 0.251 e. The van der Waals surface area contributed by atoms with E-state index in [1.54, 1.807) is 35.4 Å². The Labute approximate surface area is 161 Å². The number of fused-ring (bicyclic) bond motifs is 1. The fourth-order valence-electron chi connectivity index (χ4n) is 3.30. The summed E-state index contributed by atoms with van der Waals surface area (Å²) in [6.45, 7) is 2.52. The number of rotatable bonds is 5. The Morgan fingerprint density at radius 2 is 1.93 bits per heavy atom. The average molecular weight is 370 g/mol. The van der Waals surface area contributed by atoms with Crippen LogP contribution in [0.1, 0.15) is 27.2 Å². The smallest absolute Gasteiger partial charge is 0.251 e. The molecule has 1 amide bonds. The first-order valence-electron chi connectivity index (χ1n) is 8.90. The van der Waals surface area contributed by atoms with Gasteiger partial charge in [0.15, 0.2) is 0 Å². The molecule has 2 heterocycles. The highest BCUT2D eigenvalue weighted by Gasteiger charge is 2.11. The fourth-order valence-corrected chi connectivity index (χ4v) is 3.30. The Morgan fingerprint density at radius 1 is 1.18 bits per heavy atom. The molecule has 2 aromatic heterocycles. The van der Waals surface area contributed by atoms with Crippen LogP contribution in [-0.4, -0.2) is 32.2 Å². The molecule has 0 atom stereocenters. The molecule has 2 N–H and O–H groups in total. The summed E-state index contributed by atoms with van der Waals surface area (Å²) in [6, 6.07) is 15.0. The molecule has 0 saturated heterocycles. The van der Waals surface area contributed by atoms with E-state index in [-0.39, 0.29) is 5.91 Å². The van der Waals surface area contributed by atoms with Crippen molar-refractivity contribution in [3.63, 3.8) is 0 Å². The van der Waals surface area contributed by atoms with Gasteiger partial charge in [-0.3, -0.25) is 9.36 Å². The van der Waals surface area contributed by atoms with E-state index in [9.17, 15) is 4.79 Å². The van der Waals surface area contributed by atoms with Gasteiger partial charge in [0.1, 0.15) is 12.7 Å². The molecule has 138 valence electrons. The average Bonchev–Trinajstić information content (AvgIpc) is 3.36. The Bertz CT molecular complexity index is 1170. The maximum absolute atomic E-state index is 12.4. The summed E-state index contributed by atoms with van der Waals surface area (Å²) < 4.78 is 1.77. The Kier molecular flexibility index (Phi) is 4.60. The summed E-state index contributed by atoms with van der Waals surface area (Å²) >= 11 is 0. The number of nitrogens with one attached hydrogen (secondary N) is 2. The minimum atomic E-state index is -0.120. The van der Waals surface area contributed by atoms with Crippen LogP contribution in [0.5, 0.6) is 0 Å². The number of H-pyrrole nitrogens is 1. The lowest BCUT2D eigenvalue weighted by Gasteiger charge is -2.07. The lowest BCUT2D eigenvalue weighted by molar-refractivity contribution is 0.0954. The van der Waals surface area contributed by atoms with Gasteiger partial charge in [-0.2, -0.15) is 5.26 Å². The quantitative estimate of drug-likeness (QED) is 0.564. The Hall–Kier alpha value is -3.92. The summed E-state index contributed by atoms with van der Waals surface area (Å²) in [4.78, 5) is 15.8. The lowest BCUT2D eigenvalue weighted by atomic mass is 10.1. The van der Waals surface area contributed by atoms with Gasteiger partial charge in [-0.15, -0.1) is 10.2 Å². The van der Waals surface area contributed by atoms with Gasteiger partial charge < -0.3 is 10.3 Å². The predicted octanol–water partition coefficient (Wildman–Crippen LogP) is 2.90.